The van der Waals surface area contributed by atoms with Gasteiger partial charge in [-0.3, -0.25) is 14.5 Å². The molecule has 0 bridgehead atoms. The average molecular weight is 296 g/mol. The number of alkyl halides is 3. The second-order valence-electron chi connectivity index (χ2n) is 3.66. The third kappa shape index (κ3) is 1.81. The van der Waals surface area contributed by atoms with Crippen molar-refractivity contribution in [3.8, 4) is 0 Å². The molecule has 0 saturated heterocycles. The van der Waals surface area contributed by atoms with Gasteiger partial charge in [0.2, 0.25) is 17.3 Å². The predicted octanol–water partition coefficient (Wildman–Crippen LogP) is 0.617. The highest BCUT2D eigenvalue weighted by atomic mass is 35.6. The Balaban J connectivity index is 2.60. The summed E-state index contributed by atoms with van der Waals surface area (Å²) >= 11 is 17.2. The van der Waals surface area contributed by atoms with Crippen molar-refractivity contribution in [1.29, 1.82) is 0 Å². The highest BCUT2D eigenvalue weighted by molar-refractivity contribution is 6.69. The number of nitrogens with one attached hydrogen (secondary N) is 1. The van der Waals surface area contributed by atoms with Gasteiger partial charge in [0.05, 0.1) is 7.05 Å². The molecule has 0 aromatic rings. The van der Waals surface area contributed by atoms with Crippen molar-refractivity contribution in [2.24, 2.45) is 0 Å². The number of carbonyl (C=O) groups is 2. The largest absolute Gasteiger partial charge is 0.502 e. The highest BCUT2D eigenvalue weighted by Gasteiger charge is 2.48. The Kier molecular flexibility index (Phi) is 2.86. The number of ketones is 2. The van der Waals surface area contributed by atoms with Gasteiger partial charge >= 0.3 is 0 Å². The summed E-state index contributed by atoms with van der Waals surface area (Å²) in [6.45, 7) is 0. The second-order valence-corrected chi connectivity index (χ2v) is 5.94. The maximum absolute atomic E-state index is 11.6. The van der Waals surface area contributed by atoms with Crippen LogP contribution < -0.4 is 4.90 Å². The van der Waals surface area contributed by atoms with E-state index in [-0.39, 0.29) is 11.3 Å². The second kappa shape index (κ2) is 3.85. The summed E-state index contributed by atoms with van der Waals surface area (Å²) in [5.41, 5.74) is 0.380. The van der Waals surface area contributed by atoms with Crippen LogP contribution in [0, 0.1) is 0 Å². The van der Waals surface area contributed by atoms with Crippen LogP contribution in [0.1, 0.15) is 0 Å². The molecule has 0 aromatic heterocycles. The minimum Gasteiger partial charge on any atom is -0.502 e. The molecule has 2 N–H and O–H groups in total. The van der Waals surface area contributed by atoms with Crippen LogP contribution in [-0.2, 0) is 9.59 Å². The lowest BCUT2D eigenvalue weighted by molar-refractivity contribution is -0.792. The molecular formula is C10H7Cl3NO3+. The molecule has 1 heterocycles. The number of halogens is 3. The zero-order chi connectivity index (χ0) is 13.0. The van der Waals surface area contributed by atoms with Gasteiger partial charge in [0.15, 0.2) is 11.5 Å². The fourth-order valence-electron chi connectivity index (χ4n) is 1.90. The van der Waals surface area contributed by atoms with Crippen molar-refractivity contribution in [3.63, 3.8) is 0 Å². The molecule has 0 saturated carbocycles. The van der Waals surface area contributed by atoms with Gasteiger partial charge in [-0.15, -0.1) is 0 Å². The predicted molar refractivity (Wildman–Crippen MR) is 63.0 cm³/mol. The van der Waals surface area contributed by atoms with Gasteiger partial charge < -0.3 is 5.11 Å². The minimum absolute atomic E-state index is 0.0419. The number of likely N-dealkylation sites (N-methyl/N-ethyl adjacent to an activating group) is 1. The summed E-state index contributed by atoms with van der Waals surface area (Å²) in [5, 5.41) is 9.92. The molecule has 17 heavy (non-hydrogen) atoms. The van der Waals surface area contributed by atoms with Crippen molar-refractivity contribution < 1.29 is 19.6 Å². The number of rotatable bonds is 0. The first-order chi connectivity index (χ1) is 7.75. The lowest BCUT2D eigenvalue weighted by Gasteiger charge is -2.17. The van der Waals surface area contributed by atoms with Crippen LogP contribution in [-0.4, -0.2) is 27.5 Å². The molecule has 2 aliphatic rings. The molecule has 0 aromatic carbocycles. The summed E-state index contributed by atoms with van der Waals surface area (Å²) in [4.78, 5) is 23.4. The molecule has 1 unspecified atom stereocenters. The zero-order valence-corrected chi connectivity index (χ0v) is 10.8. The van der Waals surface area contributed by atoms with Gasteiger partial charge in [-0.2, -0.15) is 0 Å². The zero-order valence-electron chi connectivity index (χ0n) is 8.55. The van der Waals surface area contributed by atoms with Crippen LogP contribution >= 0.6 is 34.8 Å². The first-order valence-electron chi connectivity index (χ1n) is 4.61. The van der Waals surface area contributed by atoms with Gasteiger partial charge in [0, 0.05) is 6.08 Å². The summed E-state index contributed by atoms with van der Waals surface area (Å²) in [7, 11) is 1.61. The fourth-order valence-corrected chi connectivity index (χ4v) is 2.59. The monoisotopic (exact) mass is 294 g/mol. The van der Waals surface area contributed by atoms with E-state index in [9.17, 15) is 14.7 Å². The maximum atomic E-state index is 11.6. The highest BCUT2D eigenvalue weighted by Crippen LogP contribution is 2.37. The topological polar surface area (TPSA) is 58.8 Å². The number of carbonyl (C=O) groups excluding carboxylic acids is 2. The molecule has 7 heteroatoms. The summed E-state index contributed by atoms with van der Waals surface area (Å²) < 4.78 is -1.84. The lowest BCUT2D eigenvalue weighted by Crippen LogP contribution is -3.05. The van der Waals surface area contributed by atoms with Gasteiger partial charge in [0.25, 0.3) is 3.79 Å². The first kappa shape index (κ1) is 12.6. The molecule has 4 nitrogen and oxygen atoms in total. The van der Waals surface area contributed by atoms with E-state index in [1.165, 1.54) is 6.08 Å². The van der Waals surface area contributed by atoms with Crippen LogP contribution in [0.5, 0.6) is 0 Å². The maximum Gasteiger partial charge on any atom is 0.269 e. The molecular weight excluding hydrogens is 288 g/mol. The normalized spacial score (nSPS) is 24.8. The quantitative estimate of drug-likeness (QED) is 0.391. The van der Waals surface area contributed by atoms with Crippen molar-refractivity contribution in [2.75, 3.05) is 7.05 Å². The van der Waals surface area contributed by atoms with Crippen molar-refractivity contribution in [2.45, 2.75) is 3.79 Å². The molecule has 0 spiro atoms. The summed E-state index contributed by atoms with van der Waals surface area (Å²) in [6, 6.07) is 0. The van der Waals surface area contributed by atoms with Gasteiger partial charge in [-0.25, -0.2) is 0 Å². The van der Waals surface area contributed by atoms with E-state index in [0.717, 1.165) is 6.08 Å². The molecule has 1 aliphatic heterocycles. The smallest absolute Gasteiger partial charge is 0.269 e. The van der Waals surface area contributed by atoms with E-state index in [2.05, 4.69) is 0 Å². The Morgan fingerprint density at radius 1 is 1.24 bits per heavy atom. The van der Waals surface area contributed by atoms with E-state index in [1.54, 1.807) is 7.05 Å². The first-order valence-corrected chi connectivity index (χ1v) is 5.74. The molecule has 1 aliphatic carbocycles. The number of allylic oxidation sites excluding steroid dienone is 4. The third-order valence-electron chi connectivity index (χ3n) is 2.66. The third-order valence-corrected chi connectivity index (χ3v) is 3.22. The molecule has 90 valence electrons. The van der Waals surface area contributed by atoms with Crippen LogP contribution in [0.3, 0.4) is 0 Å². The SMILES string of the molecule is C[NH+]1C2=C(C(=O)C(=O)C=C2)C(O)=C1C(Cl)(Cl)Cl. The summed E-state index contributed by atoms with van der Waals surface area (Å²) in [6.07, 6.45) is 2.58. The van der Waals surface area contributed by atoms with Crippen molar-refractivity contribution in [3.05, 3.63) is 34.9 Å². The van der Waals surface area contributed by atoms with Gasteiger partial charge in [-0.1, -0.05) is 34.8 Å². The summed E-state index contributed by atoms with van der Waals surface area (Å²) in [5.74, 6) is -1.92. The van der Waals surface area contributed by atoms with Crippen LogP contribution in [0.2, 0.25) is 0 Å². The minimum atomic E-state index is -1.84. The average Bonchev–Trinajstić information content (AvgIpc) is 2.44. The van der Waals surface area contributed by atoms with E-state index in [1.807, 2.05) is 0 Å². The Morgan fingerprint density at radius 2 is 1.82 bits per heavy atom. The van der Waals surface area contributed by atoms with Crippen molar-refractivity contribution >= 4 is 46.4 Å². The number of quaternary nitrogens is 1. The van der Waals surface area contributed by atoms with E-state index >= 15 is 0 Å². The van der Waals surface area contributed by atoms with Gasteiger partial charge in [0.1, 0.15) is 5.57 Å². The molecule has 0 amide bonds. The van der Waals surface area contributed by atoms with Crippen LogP contribution in [0.15, 0.2) is 34.9 Å². The number of aliphatic hydroxyl groups is 1. The molecule has 1 atom stereocenters. The molecule has 0 radical (unpaired) electrons. The van der Waals surface area contributed by atoms with Crippen LogP contribution in [0.4, 0.5) is 0 Å². The lowest BCUT2D eigenvalue weighted by atomic mass is 10.00. The van der Waals surface area contributed by atoms with Crippen molar-refractivity contribution in [1.82, 2.24) is 0 Å². The Morgan fingerprint density at radius 3 is 2.35 bits per heavy atom. The number of hydrogen-bond donors (Lipinski definition) is 2. The molecule has 0 fully saturated rings. The Hall–Kier alpha value is -0.810. The number of aliphatic hydroxyl groups excluding tert-OH is 1. The number of hydrogen-bond acceptors (Lipinski definition) is 3. The fraction of sp³-hybridized carbons (Fsp3) is 0.200. The van der Waals surface area contributed by atoms with Crippen LogP contribution in [0.25, 0.3) is 0 Å². The van der Waals surface area contributed by atoms with Gasteiger partial charge in [-0.05, 0) is 6.08 Å². The Bertz CT molecular complexity index is 525. The Labute approximate surface area is 112 Å². The molecule has 2 rings (SSSR count). The van der Waals surface area contributed by atoms with E-state index < -0.39 is 21.1 Å². The standard InChI is InChI=1S/C10H6Cl3NO3/c1-14-4-2-3-5(15)7(16)6(4)8(17)9(14)10(11,12)13/h2-3,17H,1H3/p+1. The number of Topliss-reactive ketones (excluding diaryl/α,β-unsaturated/α-hetero) is 1. The van der Waals surface area contributed by atoms with E-state index in [0.29, 0.717) is 10.6 Å². The van der Waals surface area contributed by atoms with E-state index in [4.69, 9.17) is 34.8 Å².